The Hall–Kier alpha value is -2.01. The van der Waals surface area contributed by atoms with Gasteiger partial charge in [-0.15, -0.1) is 10.2 Å². The fourth-order valence-corrected chi connectivity index (χ4v) is 5.28. The smallest absolute Gasteiger partial charge is 0.225 e. The number of carbonyl (C=O) groups excluding carboxylic acids is 1. The zero-order valence-electron chi connectivity index (χ0n) is 17.7. The maximum atomic E-state index is 14.5. The van der Waals surface area contributed by atoms with Crippen LogP contribution in [-0.4, -0.2) is 71.5 Å². The molecule has 0 radical (unpaired) electrons. The van der Waals surface area contributed by atoms with Gasteiger partial charge in [-0.3, -0.25) is 4.79 Å². The summed E-state index contributed by atoms with van der Waals surface area (Å²) < 4.78 is 19.8. The molecular weight excluding hydrogens is 457 g/mol. The monoisotopic (exact) mass is 483 g/mol. The van der Waals surface area contributed by atoms with Crippen LogP contribution in [0.5, 0.6) is 5.75 Å². The second kappa shape index (κ2) is 10.3. The van der Waals surface area contributed by atoms with Crippen molar-refractivity contribution in [1.82, 2.24) is 15.1 Å². The van der Waals surface area contributed by atoms with Gasteiger partial charge in [-0.05, 0) is 18.9 Å². The fraction of sp³-hybridized carbons (Fsp3) is 0.571. The number of benzene rings is 1. The lowest BCUT2D eigenvalue weighted by Gasteiger charge is -2.35. The van der Waals surface area contributed by atoms with E-state index in [0.29, 0.717) is 36.8 Å². The lowest BCUT2D eigenvalue weighted by atomic mass is 10.1. The second-order valence-corrected chi connectivity index (χ2v) is 9.56. The van der Waals surface area contributed by atoms with Crippen LogP contribution in [0.2, 0.25) is 5.02 Å². The average Bonchev–Trinajstić information content (AvgIpc) is 3.51. The van der Waals surface area contributed by atoms with Gasteiger partial charge in [-0.25, -0.2) is 4.39 Å². The Bertz CT molecular complexity index is 948. The number of halogens is 2. The van der Waals surface area contributed by atoms with Crippen molar-refractivity contribution in [3.8, 4) is 16.3 Å². The van der Waals surface area contributed by atoms with Gasteiger partial charge in [0, 0.05) is 43.7 Å². The number of aliphatic hydroxyl groups is 1. The molecule has 2 aliphatic rings. The lowest BCUT2D eigenvalue weighted by Crippen LogP contribution is -2.50. The molecule has 1 atom stereocenters. The molecule has 1 aromatic heterocycles. The van der Waals surface area contributed by atoms with Crippen LogP contribution in [0.25, 0.3) is 10.6 Å². The molecule has 1 aliphatic heterocycles. The molecule has 0 bridgehead atoms. The summed E-state index contributed by atoms with van der Waals surface area (Å²) >= 11 is 7.68. The largest absolute Gasteiger partial charge is 0.489 e. The van der Waals surface area contributed by atoms with Crippen LogP contribution < -0.4 is 15.4 Å². The van der Waals surface area contributed by atoms with Crippen molar-refractivity contribution in [2.24, 2.45) is 11.7 Å². The Balaban J connectivity index is 1.39. The van der Waals surface area contributed by atoms with E-state index in [-0.39, 0.29) is 35.8 Å². The molecular formula is C21H27ClFN5O3S. The number of nitrogens with zero attached hydrogens (tertiary/aromatic N) is 4. The molecule has 11 heteroatoms. The molecule has 2 aromatic rings. The van der Waals surface area contributed by atoms with E-state index in [1.807, 2.05) is 4.90 Å². The second-order valence-electron chi connectivity index (χ2n) is 8.20. The molecule has 1 amide bonds. The van der Waals surface area contributed by atoms with Gasteiger partial charge in [0.05, 0.1) is 17.7 Å². The van der Waals surface area contributed by atoms with Gasteiger partial charge in [0.1, 0.15) is 6.61 Å². The van der Waals surface area contributed by atoms with Gasteiger partial charge >= 0.3 is 0 Å². The van der Waals surface area contributed by atoms with E-state index in [0.717, 1.165) is 30.8 Å². The van der Waals surface area contributed by atoms with E-state index in [4.69, 9.17) is 27.2 Å². The van der Waals surface area contributed by atoms with Gasteiger partial charge in [-0.1, -0.05) is 35.8 Å². The zero-order chi connectivity index (χ0) is 22.7. The summed E-state index contributed by atoms with van der Waals surface area (Å²) in [6.45, 7) is 2.43. The van der Waals surface area contributed by atoms with Crippen LogP contribution >= 0.6 is 22.9 Å². The predicted octanol–water partition coefficient (Wildman–Crippen LogP) is 2.53. The number of ether oxygens (including phenoxy) is 1. The zero-order valence-corrected chi connectivity index (χ0v) is 19.2. The van der Waals surface area contributed by atoms with Gasteiger partial charge < -0.3 is 25.4 Å². The van der Waals surface area contributed by atoms with Crippen LogP contribution in [0, 0.1) is 11.7 Å². The quantitative estimate of drug-likeness (QED) is 0.623. The summed E-state index contributed by atoms with van der Waals surface area (Å²) in [6.07, 6.45) is 4.31. The Morgan fingerprint density at radius 1 is 1.28 bits per heavy atom. The summed E-state index contributed by atoms with van der Waals surface area (Å²) in [4.78, 5) is 16.7. The molecule has 8 nitrogen and oxygen atoms in total. The van der Waals surface area contributed by atoms with Gasteiger partial charge in [0.25, 0.3) is 0 Å². The molecule has 1 saturated heterocycles. The van der Waals surface area contributed by atoms with Crippen LogP contribution in [0.3, 0.4) is 0 Å². The van der Waals surface area contributed by atoms with Crippen molar-refractivity contribution < 1.29 is 19.0 Å². The van der Waals surface area contributed by atoms with Gasteiger partial charge in [0.2, 0.25) is 11.0 Å². The minimum atomic E-state index is -0.604. The number of rotatable bonds is 7. The molecule has 1 aliphatic carbocycles. The van der Waals surface area contributed by atoms with Crippen molar-refractivity contribution in [2.45, 2.75) is 31.7 Å². The minimum Gasteiger partial charge on any atom is -0.489 e. The van der Waals surface area contributed by atoms with E-state index >= 15 is 0 Å². The van der Waals surface area contributed by atoms with Crippen LogP contribution in [-0.2, 0) is 4.79 Å². The third kappa shape index (κ3) is 5.14. The van der Waals surface area contributed by atoms with Crippen LogP contribution in [0.1, 0.15) is 25.7 Å². The number of aromatic nitrogens is 2. The van der Waals surface area contributed by atoms with Crippen molar-refractivity contribution in [3.63, 3.8) is 0 Å². The lowest BCUT2D eigenvalue weighted by molar-refractivity contribution is -0.135. The molecule has 2 fully saturated rings. The minimum absolute atomic E-state index is 0.0265. The Morgan fingerprint density at radius 3 is 2.69 bits per heavy atom. The van der Waals surface area contributed by atoms with Gasteiger partial charge in [-0.2, -0.15) is 0 Å². The molecule has 2 heterocycles. The van der Waals surface area contributed by atoms with Crippen molar-refractivity contribution in [1.29, 1.82) is 0 Å². The number of hydrogen-bond acceptors (Lipinski definition) is 8. The van der Waals surface area contributed by atoms with Crippen molar-refractivity contribution in [3.05, 3.63) is 23.0 Å². The Morgan fingerprint density at radius 2 is 2.00 bits per heavy atom. The summed E-state index contributed by atoms with van der Waals surface area (Å²) in [5.74, 6) is -0.150. The summed E-state index contributed by atoms with van der Waals surface area (Å²) in [7, 11) is 0. The third-order valence-electron chi connectivity index (χ3n) is 5.92. The van der Waals surface area contributed by atoms with E-state index in [2.05, 4.69) is 15.1 Å². The standard InChI is InChI=1S/C21H27ClFN5O3S/c22-16-10-18(31-12-14(24)11-29)17(23)9-15(16)19-25-26-21(32-19)28-7-5-27(6-8-28)20(30)13-3-1-2-4-13/h9-10,13-14,29H,1-8,11-12,24H2/t14-/m0/s1. The molecule has 4 rings (SSSR count). The predicted molar refractivity (Wildman–Crippen MR) is 122 cm³/mol. The summed E-state index contributed by atoms with van der Waals surface area (Å²) in [6, 6.07) is 2.04. The van der Waals surface area contributed by atoms with Crippen LogP contribution in [0.4, 0.5) is 9.52 Å². The van der Waals surface area contributed by atoms with E-state index in [1.165, 1.54) is 23.5 Å². The number of nitrogens with two attached hydrogens (primary N) is 1. The molecule has 1 aromatic carbocycles. The number of hydrogen-bond donors (Lipinski definition) is 2. The van der Waals surface area contributed by atoms with Crippen molar-refractivity contribution >= 4 is 34.0 Å². The SMILES string of the molecule is N[C@@H](CO)COc1cc(Cl)c(-c2nnc(N3CCN(C(=O)C4CCCC4)CC3)s2)cc1F. The summed E-state index contributed by atoms with van der Waals surface area (Å²) in [5.41, 5.74) is 6.02. The fourth-order valence-electron chi connectivity index (χ4n) is 4.05. The number of carbonyl (C=O) groups is 1. The van der Waals surface area contributed by atoms with E-state index in [1.54, 1.807) is 0 Å². The highest BCUT2D eigenvalue weighted by Crippen LogP contribution is 2.37. The number of anilines is 1. The Labute approximate surface area is 195 Å². The normalized spacial score (nSPS) is 18.2. The molecule has 0 spiro atoms. The molecule has 3 N–H and O–H groups in total. The van der Waals surface area contributed by atoms with Crippen molar-refractivity contribution in [2.75, 3.05) is 44.3 Å². The maximum Gasteiger partial charge on any atom is 0.225 e. The first-order valence-electron chi connectivity index (χ1n) is 10.8. The molecule has 174 valence electrons. The number of aliphatic hydroxyl groups excluding tert-OH is 1. The molecule has 0 unspecified atom stereocenters. The first-order chi connectivity index (χ1) is 15.5. The summed E-state index contributed by atoms with van der Waals surface area (Å²) in [5, 5.41) is 18.9. The highest BCUT2D eigenvalue weighted by molar-refractivity contribution is 7.18. The first kappa shape index (κ1) is 23.2. The third-order valence-corrected chi connectivity index (χ3v) is 7.25. The topological polar surface area (TPSA) is 105 Å². The van der Waals surface area contributed by atoms with E-state index in [9.17, 15) is 9.18 Å². The van der Waals surface area contributed by atoms with Gasteiger partial charge in [0.15, 0.2) is 16.6 Å². The highest BCUT2D eigenvalue weighted by Gasteiger charge is 2.30. The molecule has 32 heavy (non-hydrogen) atoms. The average molecular weight is 484 g/mol. The number of amides is 1. The number of piperazine rings is 1. The van der Waals surface area contributed by atoms with Crippen LogP contribution in [0.15, 0.2) is 12.1 Å². The molecule has 1 saturated carbocycles. The van der Waals surface area contributed by atoms with E-state index < -0.39 is 11.9 Å². The first-order valence-corrected chi connectivity index (χ1v) is 12.0. The highest BCUT2D eigenvalue weighted by atomic mass is 35.5. The Kier molecular flexibility index (Phi) is 7.44. The maximum absolute atomic E-state index is 14.5.